The van der Waals surface area contributed by atoms with Crippen LogP contribution in [0.3, 0.4) is 0 Å². The molecule has 0 bridgehead atoms. The van der Waals surface area contributed by atoms with Crippen molar-refractivity contribution in [1.29, 1.82) is 0 Å². The van der Waals surface area contributed by atoms with Gasteiger partial charge in [-0.2, -0.15) is 0 Å². The molecule has 1 aliphatic carbocycles. The summed E-state index contributed by atoms with van der Waals surface area (Å²) in [6, 6.07) is 17.5. The van der Waals surface area contributed by atoms with Gasteiger partial charge in [-0.1, -0.05) is 60.9 Å². The first-order valence-electron chi connectivity index (χ1n) is 11.4. The fourth-order valence-electron chi connectivity index (χ4n) is 3.94. The van der Waals surface area contributed by atoms with Crippen LogP contribution < -0.4 is 10.1 Å². The molecule has 2 amide bonds. The molecular weight excluding hydrogens is 388 g/mol. The Hall–Kier alpha value is -2.82. The molecule has 31 heavy (non-hydrogen) atoms. The van der Waals surface area contributed by atoms with Gasteiger partial charge in [-0.05, 0) is 50.8 Å². The van der Waals surface area contributed by atoms with Crippen LogP contribution in [-0.4, -0.2) is 35.4 Å². The average Bonchev–Trinajstić information content (AvgIpc) is 3.29. The van der Waals surface area contributed by atoms with Crippen LogP contribution in [0.15, 0.2) is 54.6 Å². The molecule has 1 atom stereocenters. The van der Waals surface area contributed by atoms with Crippen LogP contribution in [0.25, 0.3) is 0 Å². The van der Waals surface area contributed by atoms with Crippen LogP contribution in [0.1, 0.15) is 56.6 Å². The van der Waals surface area contributed by atoms with Crippen molar-refractivity contribution in [2.75, 3.05) is 6.61 Å². The van der Waals surface area contributed by atoms with Gasteiger partial charge in [-0.3, -0.25) is 9.59 Å². The number of hydrogen-bond donors (Lipinski definition) is 1. The maximum absolute atomic E-state index is 13.1. The molecule has 1 saturated carbocycles. The molecular formula is C26H34N2O3. The van der Waals surface area contributed by atoms with E-state index in [-0.39, 0.29) is 17.9 Å². The highest BCUT2D eigenvalue weighted by molar-refractivity contribution is 5.87. The molecule has 2 aromatic carbocycles. The summed E-state index contributed by atoms with van der Waals surface area (Å²) in [5, 5.41) is 3.14. The van der Waals surface area contributed by atoms with Gasteiger partial charge in [-0.15, -0.1) is 0 Å². The second-order valence-electron chi connectivity index (χ2n) is 8.44. The lowest BCUT2D eigenvalue weighted by Gasteiger charge is -2.30. The monoisotopic (exact) mass is 422 g/mol. The van der Waals surface area contributed by atoms with Crippen LogP contribution in [0.2, 0.25) is 0 Å². The van der Waals surface area contributed by atoms with Gasteiger partial charge in [-0.25, -0.2) is 0 Å². The molecule has 166 valence electrons. The van der Waals surface area contributed by atoms with Crippen LogP contribution in [0.4, 0.5) is 0 Å². The normalized spacial score (nSPS) is 14.8. The molecule has 2 aromatic rings. The van der Waals surface area contributed by atoms with Crippen LogP contribution in [-0.2, 0) is 16.1 Å². The fraction of sp³-hybridized carbons (Fsp3) is 0.462. The van der Waals surface area contributed by atoms with Gasteiger partial charge < -0.3 is 15.0 Å². The van der Waals surface area contributed by atoms with Crippen molar-refractivity contribution in [3.05, 3.63) is 65.7 Å². The topological polar surface area (TPSA) is 58.6 Å². The summed E-state index contributed by atoms with van der Waals surface area (Å²) >= 11 is 0. The molecule has 1 N–H and O–H groups in total. The number of nitrogens with zero attached hydrogens (tertiary/aromatic N) is 1. The van der Waals surface area contributed by atoms with E-state index in [2.05, 4.69) is 5.32 Å². The van der Waals surface area contributed by atoms with E-state index < -0.39 is 6.04 Å². The first-order chi connectivity index (χ1) is 15.0. The summed E-state index contributed by atoms with van der Waals surface area (Å²) in [7, 11) is 0. The lowest BCUT2D eigenvalue weighted by atomic mass is 10.1. The third-order valence-corrected chi connectivity index (χ3v) is 5.89. The van der Waals surface area contributed by atoms with Crippen molar-refractivity contribution in [3.63, 3.8) is 0 Å². The molecule has 1 aliphatic rings. The Balaban J connectivity index is 1.59. The number of rotatable bonds is 10. The summed E-state index contributed by atoms with van der Waals surface area (Å²) in [4.78, 5) is 27.7. The van der Waals surface area contributed by atoms with E-state index in [4.69, 9.17) is 4.74 Å². The Morgan fingerprint density at radius 1 is 1.06 bits per heavy atom. The SMILES string of the molecule is Cc1ccc(CN(C(=O)CCCOc2ccccc2)[C@@H](C)C(=O)NC2CCCC2)cc1. The van der Waals surface area contributed by atoms with E-state index in [9.17, 15) is 9.59 Å². The minimum Gasteiger partial charge on any atom is -0.494 e. The van der Waals surface area contributed by atoms with Gasteiger partial charge in [0.1, 0.15) is 11.8 Å². The molecule has 5 nitrogen and oxygen atoms in total. The number of amides is 2. The maximum Gasteiger partial charge on any atom is 0.242 e. The highest BCUT2D eigenvalue weighted by Gasteiger charge is 2.28. The van der Waals surface area contributed by atoms with Crippen molar-refractivity contribution < 1.29 is 14.3 Å². The van der Waals surface area contributed by atoms with Crippen LogP contribution in [0, 0.1) is 6.92 Å². The Labute approximate surface area is 185 Å². The number of aryl methyl sites for hydroxylation is 1. The molecule has 5 heteroatoms. The fourth-order valence-corrected chi connectivity index (χ4v) is 3.94. The summed E-state index contributed by atoms with van der Waals surface area (Å²) in [5.74, 6) is 0.718. The number of nitrogens with one attached hydrogen (secondary N) is 1. The summed E-state index contributed by atoms with van der Waals surface area (Å²) in [6.07, 6.45) is 5.33. The Morgan fingerprint density at radius 3 is 2.42 bits per heavy atom. The number of para-hydroxylation sites is 1. The minimum atomic E-state index is -0.510. The number of ether oxygens (including phenoxy) is 1. The van der Waals surface area contributed by atoms with Gasteiger partial charge >= 0.3 is 0 Å². The van der Waals surface area contributed by atoms with Crippen molar-refractivity contribution in [2.45, 2.75) is 71.0 Å². The third kappa shape index (κ3) is 7.12. The zero-order valence-electron chi connectivity index (χ0n) is 18.7. The smallest absolute Gasteiger partial charge is 0.242 e. The van der Waals surface area contributed by atoms with Gasteiger partial charge in [0, 0.05) is 19.0 Å². The predicted octanol–water partition coefficient (Wildman–Crippen LogP) is 4.63. The molecule has 0 aromatic heterocycles. The highest BCUT2D eigenvalue weighted by Crippen LogP contribution is 2.19. The van der Waals surface area contributed by atoms with Crippen LogP contribution >= 0.6 is 0 Å². The van der Waals surface area contributed by atoms with Gasteiger partial charge in [0.15, 0.2) is 0 Å². The van der Waals surface area contributed by atoms with Crippen molar-refractivity contribution in [1.82, 2.24) is 10.2 Å². The van der Waals surface area contributed by atoms with Crippen LogP contribution in [0.5, 0.6) is 5.75 Å². The van der Waals surface area contributed by atoms with Crippen molar-refractivity contribution in [2.24, 2.45) is 0 Å². The van der Waals surface area contributed by atoms with E-state index in [0.29, 0.717) is 26.0 Å². The molecule has 1 fully saturated rings. The second-order valence-corrected chi connectivity index (χ2v) is 8.44. The second kappa shape index (κ2) is 11.5. The third-order valence-electron chi connectivity index (χ3n) is 5.89. The standard InChI is InChI=1S/C26H34N2O3/c1-20-14-16-22(17-15-20)19-28(21(2)26(30)27-23-9-6-7-10-23)25(29)13-8-18-31-24-11-4-3-5-12-24/h3-5,11-12,14-17,21,23H,6-10,13,18-19H2,1-2H3,(H,27,30)/t21-/m0/s1. The maximum atomic E-state index is 13.1. The van der Waals surface area contributed by atoms with Gasteiger partial charge in [0.25, 0.3) is 0 Å². The predicted molar refractivity (Wildman–Crippen MR) is 123 cm³/mol. The number of carbonyl (C=O) groups excluding carboxylic acids is 2. The summed E-state index contributed by atoms with van der Waals surface area (Å²) in [5.41, 5.74) is 2.20. The molecule has 0 radical (unpaired) electrons. The highest BCUT2D eigenvalue weighted by atomic mass is 16.5. The molecule has 0 spiro atoms. The molecule has 0 heterocycles. The first kappa shape index (κ1) is 22.9. The van der Waals surface area contributed by atoms with E-state index in [0.717, 1.165) is 37.0 Å². The van der Waals surface area contributed by atoms with E-state index in [1.54, 1.807) is 4.90 Å². The number of hydrogen-bond acceptors (Lipinski definition) is 3. The van der Waals surface area contributed by atoms with E-state index in [1.807, 2.05) is 68.4 Å². The Kier molecular flexibility index (Phi) is 8.51. The average molecular weight is 423 g/mol. The lowest BCUT2D eigenvalue weighted by molar-refractivity contribution is -0.141. The molecule has 0 unspecified atom stereocenters. The van der Waals surface area contributed by atoms with Crippen molar-refractivity contribution in [3.8, 4) is 5.75 Å². The Bertz CT molecular complexity index is 829. The zero-order valence-corrected chi connectivity index (χ0v) is 18.7. The Morgan fingerprint density at radius 2 is 1.74 bits per heavy atom. The molecule has 3 rings (SSSR count). The summed E-state index contributed by atoms with van der Waals surface area (Å²) < 4.78 is 5.71. The lowest BCUT2D eigenvalue weighted by Crippen LogP contribution is -2.49. The molecule has 0 aliphatic heterocycles. The van der Waals surface area contributed by atoms with Gasteiger partial charge in [0.05, 0.1) is 6.61 Å². The largest absolute Gasteiger partial charge is 0.494 e. The minimum absolute atomic E-state index is 0.0219. The van der Waals surface area contributed by atoms with Crippen molar-refractivity contribution >= 4 is 11.8 Å². The molecule has 0 saturated heterocycles. The van der Waals surface area contributed by atoms with E-state index >= 15 is 0 Å². The quantitative estimate of drug-likeness (QED) is 0.568. The van der Waals surface area contributed by atoms with Gasteiger partial charge in [0.2, 0.25) is 11.8 Å². The van der Waals surface area contributed by atoms with E-state index in [1.165, 1.54) is 5.56 Å². The zero-order chi connectivity index (χ0) is 22.1. The summed E-state index contributed by atoms with van der Waals surface area (Å²) in [6.45, 7) is 4.77. The number of carbonyl (C=O) groups is 2. The first-order valence-corrected chi connectivity index (χ1v) is 11.4. The number of benzene rings is 2.